The molecule has 0 bridgehead atoms. The highest BCUT2D eigenvalue weighted by atomic mass is 32.2. The van der Waals surface area contributed by atoms with Crippen LogP contribution in [-0.4, -0.2) is 43.9 Å². The first kappa shape index (κ1) is 17.2. The maximum Gasteiger partial charge on any atom is 0.191 e. The molecule has 1 aromatic carbocycles. The molecule has 6 heteroatoms. The summed E-state index contributed by atoms with van der Waals surface area (Å²) in [5.41, 5.74) is 0. The molecule has 0 radical (unpaired) electrons. The van der Waals surface area contributed by atoms with E-state index in [1.165, 1.54) is 12.1 Å². The summed E-state index contributed by atoms with van der Waals surface area (Å²) < 4.78 is 12.7. The maximum atomic E-state index is 12.7. The lowest BCUT2D eigenvalue weighted by atomic mass is 10.4. The molecule has 0 unspecified atom stereocenters. The minimum Gasteiger partial charge on any atom is -0.356 e. The number of aliphatic imine (C=N–C) groups is 1. The van der Waals surface area contributed by atoms with Gasteiger partial charge in [0.05, 0.1) is 0 Å². The predicted molar refractivity (Wildman–Crippen MR) is 89.5 cm³/mol. The lowest BCUT2D eigenvalue weighted by molar-refractivity contribution is 0.626. The van der Waals surface area contributed by atoms with E-state index in [0.29, 0.717) is 0 Å². The lowest BCUT2D eigenvalue weighted by Gasteiger charge is -2.11. The molecule has 112 valence electrons. The number of benzene rings is 1. The molecular weight excluding hydrogens is 293 g/mol. The Balaban J connectivity index is 2.10. The van der Waals surface area contributed by atoms with Crippen LogP contribution in [0, 0.1) is 5.82 Å². The van der Waals surface area contributed by atoms with Crippen molar-refractivity contribution in [1.29, 1.82) is 0 Å². The predicted octanol–water partition coefficient (Wildman–Crippen LogP) is 2.84. The van der Waals surface area contributed by atoms with Gasteiger partial charge >= 0.3 is 0 Å². The molecule has 0 aromatic heterocycles. The molecule has 0 aliphatic rings. The average Bonchev–Trinajstić information content (AvgIpc) is 2.47. The van der Waals surface area contributed by atoms with Gasteiger partial charge in [-0.15, -0.1) is 11.8 Å². The van der Waals surface area contributed by atoms with Gasteiger partial charge in [-0.1, -0.05) is 0 Å². The molecule has 2 N–H and O–H groups in total. The van der Waals surface area contributed by atoms with Gasteiger partial charge in [0.2, 0.25) is 0 Å². The van der Waals surface area contributed by atoms with Gasteiger partial charge in [0.1, 0.15) is 5.82 Å². The summed E-state index contributed by atoms with van der Waals surface area (Å²) in [5.74, 6) is 2.74. The summed E-state index contributed by atoms with van der Waals surface area (Å²) in [6, 6.07) is 6.63. The van der Waals surface area contributed by atoms with E-state index >= 15 is 0 Å². The molecule has 20 heavy (non-hydrogen) atoms. The largest absolute Gasteiger partial charge is 0.356 e. The normalized spacial score (nSPS) is 11.4. The van der Waals surface area contributed by atoms with Crippen molar-refractivity contribution >= 4 is 29.5 Å². The fourth-order valence-electron chi connectivity index (χ4n) is 1.49. The minimum atomic E-state index is -0.184. The molecule has 1 rings (SSSR count). The summed E-state index contributed by atoms with van der Waals surface area (Å²) in [4.78, 5) is 5.27. The van der Waals surface area contributed by atoms with Crippen molar-refractivity contribution < 1.29 is 4.39 Å². The number of hydrogen-bond acceptors (Lipinski definition) is 3. The van der Waals surface area contributed by atoms with Gasteiger partial charge < -0.3 is 10.6 Å². The van der Waals surface area contributed by atoms with Gasteiger partial charge in [0, 0.05) is 30.8 Å². The lowest BCUT2D eigenvalue weighted by Crippen LogP contribution is -2.38. The second kappa shape index (κ2) is 10.9. The van der Waals surface area contributed by atoms with E-state index < -0.39 is 0 Å². The van der Waals surface area contributed by atoms with Gasteiger partial charge in [-0.25, -0.2) is 4.39 Å². The molecule has 0 aliphatic heterocycles. The van der Waals surface area contributed by atoms with Gasteiger partial charge in [-0.05, 0) is 42.7 Å². The maximum absolute atomic E-state index is 12.7. The van der Waals surface area contributed by atoms with Crippen LogP contribution in [-0.2, 0) is 0 Å². The molecule has 0 atom stereocenters. The SMILES string of the molecule is CN=C(NCCCSc1ccc(F)cc1)NCCSC. The number of halogens is 1. The summed E-state index contributed by atoms with van der Waals surface area (Å²) in [7, 11) is 1.78. The van der Waals surface area contributed by atoms with Gasteiger partial charge in [-0.2, -0.15) is 11.8 Å². The van der Waals surface area contributed by atoms with E-state index in [-0.39, 0.29) is 5.82 Å². The Morgan fingerprint density at radius 2 is 1.85 bits per heavy atom. The first-order valence-corrected chi connectivity index (χ1v) is 8.96. The first-order valence-electron chi connectivity index (χ1n) is 6.58. The van der Waals surface area contributed by atoms with E-state index in [4.69, 9.17) is 0 Å². The van der Waals surface area contributed by atoms with Gasteiger partial charge in [-0.3, -0.25) is 4.99 Å². The van der Waals surface area contributed by atoms with Crippen molar-refractivity contribution in [2.45, 2.75) is 11.3 Å². The van der Waals surface area contributed by atoms with Crippen LogP contribution in [0.2, 0.25) is 0 Å². The topological polar surface area (TPSA) is 36.4 Å². The zero-order chi connectivity index (χ0) is 14.6. The van der Waals surface area contributed by atoms with Crippen molar-refractivity contribution in [2.24, 2.45) is 4.99 Å². The fourth-order valence-corrected chi connectivity index (χ4v) is 2.65. The van der Waals surface area contributed by atoms with E-state index in [2.05, 4.69) is 21.9 Å². The van der Waals surface area contributed by atoms with Gasteiger partial charge in [0.25, 0.3) is 0 Å². The van der Waals surface area contributed by atoms with Crippen LogP contribution in [0.1, 0.15) is 6.42 Å². The van der Waals surface area contributed by atoms with E-state index in [0.717, 1.165) is 41.9 Å². The van der Waals surface area contributed by atoms with Crippen molar-refractivity contribution in [3.05, 3.63) is 30.1 Å². The van der Waals surface area contributed by atoms with Crippen LogP contribution >= 0.6 is 23.5 Å². The highest BCUT2D eigenvalue weighted by Crippen LogP contribution is 2.18. The zero-order valence-electron chi connectivity index (χ0n) is 12.0. The Morgan fingerprint density at radius 3 is 2.50 bits per heavy atom. The number of guanidine groups is 1. The quantitative estimate of drug-likeness (QED) is 0.335. The molecule has 0 saturated carbocycles. The van der Waals surface area contributed by atoms with Gasteiger partial charge in [0.15, 0.2) is 5.96 Å². The van der Waals surface area contributed by atoms with Crippen molar-refractivity contribution in [3.8, 4) is 0 Å². The molecule has 0 aliphatic carbocycles. The molecule has 0 spiro atoms. The molecule has 0 amide bonds. The van der Waals surface area contributed by atoms with Crippen LogP contribution in [0.5, 0.6) is 0 Å². The molecule has 3 nitrogen and oxygen atoms in total. The highest BCUT2D eigenvalue weighted by molar-refractivity contribution is 7.99. The number of rotatable bonds is 8. The molecule has 0 saturated heterocycles. The number of hydrogen-bond donors (Lipinski definition) is 2. The van der Waals surface area contributed by atoms with Crippen LogP contribution in [0.15, 0.2) is 34.2 Å². The standard InChI is InChI=1S/C14H22FN3S2/c1-16-14(18-9-11-19-2)17-8-3-10-20-13-6-4-12(15)5-7-13/h4-7H,3,8-11H2,1-2H3,(H2,16,17,18). The number of nitrogens with zero attached hydrogens (tertiary/aromatic N) is 1. The van der Waals surface area contributed by atoms with E-state index in [1.54, 1.807) is 18.8 Å². The molecule has 0 fully saturated rings. The Hall–Kier alpha value is -0.880. The summed E-state index contributed by atoms with van der Waals surface area (Å²) in [6.45, 7) is 1.80. The smallest absolute Gasteiger partial charge is 0.191 e. The first-order chi connectivity index (χ1) is 9.76. The third-order valence-corrected chi connectivity index (χ3v) is 4.23. The Morgan fingerprint density at radius 1 is 1.15 bits per heavy atom. The Labute approximate surface area is 129 Å². The van der Waals surface area contributed by atoms with Crippen molar-refractivity contribution in [2.75, 3.05) is 37.9 Å². The fraction of sp³-hybridized carbons (Fsp3) is 0.500. The zero-order valence-corrected chi connectivity index (χ0v) is 13.6. The third-order valence-electron chi connectivity index (χ3n) is 2.52. The summed E-state index contributed by atoms with van der Waals surface area (Å²) >= 11 is 3.55. The monoisotopic (exact) mass is 315 g/mol. The van der Waals surface area contributed by atoms with Crippen molar-refractivity contribution in [1.82, 2.24) is 10.6 Å². The van der Waals surface area contributed by atoms with E-state index in [9.17, 15) is 4.39 Å². The average molecular weight is 315 g/mol. The van der Waals surface area contributed by atoms with E-state index in [1.807, 2.05) is 23.9 Å². The summed E-state index contributed by atoms with van der Waals surface area (Å²) in [6.07, 6.45) is 3.12. The number of thioether (sulfide) groups is 2. The van der Waals surface area contributed by atoms with Crippen LogP contribution in [0.4, 0.5) is 4.39 Å². The van der Waals surface area contributed by atoms with Crippen LogP contribution < -0.4 is 10.6 Å². The summed E-state index contributed by atoms with van der Waals surface area (Å²) in [5, 5.41) is 6.53. The third kappa shape index (κ3) is 7.65. The molecule has 0 heterocycles. The second-order valence-electron chi connectivity index (χ2n) is 4.07. The Kier molecular flexibility index (Phi) is 9.32. The van der Waals surface area contributed by atoms with Crippen molar-refractivity contribution in [3.63, 3.8) is 0 Å². The second-order valence-corrected chi connectivity index (χ2v) is 6.23. The molecular formula is C14H22FN3S2. The van der Waals surface area contributed by atoms with Crippen LogP contribution in [0.3, 0.4) is 0 Å². The highest BCUT2D eigenvalue weighted by Gasteiger charge is 1.97. The minimum absolute atomic E-state index is 0.184. The Bertz CT molecular complexity index is 396. The van der Waals surface area contributed by atoms with Crippen LogP contribution in [0.25, 0.3) is 0 Å². The number of nitrogens with one attached hydrogen (secondary N) is 2. The molecule has 1 aromatic rings.